The Balaban J connectivity index is 1.27. The van der Waals surface area contributed by atoms with Gasteiger partial charge in [-0.1, -0.05) is 6.07 Å². The van der Waals surface area contributed by atoms with Gasteiger partial charge in [0.05, 0.1) is 40.2 Å². The van der Waals surface area contributed by atoms with Crippen LogP contribution < -0.4 is 40.3 Å². The largest absolute Gasteiger partial charge is 0.497 e. The number of aromatic nitrogens is 1. The van der Waals surface area contributed by atoms with E-state index >= 15 is 0 Å². The Kier molecular flexibility index (Phi) is 10.5. The van der Waals surface area contributed by atoms with Crippen LogP contribution in [0.3, 0.4) is 0 Å². The van der Waals surface area contributed by atoms with Crippen molar-refractivity contribution in [3.8, 4) is 34.1 Å². The summed E-state index contributed by atoms with van der Waals surface area (Å²) in [6.07, 6.45) is 4.05. The molecule has 1 unspecified atom stereocenters. The van der Waals surface area contributed by atoms with Crippen molar-refractivity contribution in [2.45, 2.75) is 45.2 Å². The van der Waals surface area contributed by atoms with E-state index in [9.17, 15) is 14.4 Å². The molecule has 1 aliphatic carbocycles. The van der Waals surface area contributed by atoms with E-state index in [1.165, 1.54) is 6.92 Å². The Morgan fingerprint density at radius 1 is 0.915 bits per heavy atom. The number of hydrogen-bond acceptors (Lipinski definition) is 8. The molecule has 3 aromatic carbocycles. The van der Waals surface area contributed by atoms with Crippen molar-refractivity contribution < 1.29 is 28.5 Å². The molecule has 47 heavy (non-hydrogen) atoms. The SMILES string of the molecule is COc1ccc2c(ccn2CCNC(=O)CCCNc2ccc3c(cc2=O)C(NC(C)=O)CCc2cc(OC)c(OC)c(OC)c2-3)c1. The smallest absolute Gasteiger partial charge is 0.220 e. The van der Waals surface area contributed by atoms with Crippen LogP contribution in [0.1, 0.15) is 43.4 Å². The fourth-order valence-electron chi connectivity index (χ4n) is 6.23. The Labute approximate surface area is 274 Å². The van der Waals surface area contributed by atoms with Crippen LogP contribution in [-0.4, -0.2) is 57.9 Å². The summed E-state index contributed by atoms with van der Waals surface area (Å²) >= 11 is 0. The van der Waals surface area contributed by atoms with Gasteiger partial charge in [-0.15, -0.1) is 0 Å². The molecule has 5 rings (SSSR count). The minimum absolute atomic E-state index is 0.0520. The van der Waals surface area contributed by atoms with Crippen molar-refractivity contribution >= 4 is 28.4 Å². The van der Waals surface area contributed by atoms with Crippen LogP contribution in [0.25, 0.3) is 22.0 Å². The van der Waals surface area contributed by atoms with Gasteiger partial charge in [0.2, 0.25) is 23.0 Å². The van der Waals surface area contributed by atoms with Crippen molar-refractivity contribution in [1.29, 1.82) is 0 Å². The third-order valence-electron chi connectivity index (χ3n) is 8.47. The Morgan fingerprint density at radius 2 is 1.72 bits per heavy atom. The maximum atomic E-state index is 13.5. The van der Waals surface area contributed by atoms with Crippen molar-refractivity contribution in [3.63, 3.8) is 0 Å². The molecule has 11 nitrogen and oxygen atoms in total. The lowest BCUT2D eigenvalue weighted by Crippen LogP contribution is -2.27. The number of carbonyl (C=O) groups excluding carboxylic acids is 2. The van der Waals surface area contributed by atoms with Gasteiger partial charge >= 0.3 is 0 Å². The molecule has 0 saturated heterocycles. The van der Waals surface area contributed by atoms with Gasteiger partial charge in [-0.2, -0.15) is 0 Å². The molecular formula is C36H42N4O7. The van der Waals surface area contributed by atoms with Crippen LogP contribution in [-0.2, 0) is 22.6 Å². The second-order valence-electron chi connectivity index (χ2n) is 11.4. The number of aryl methyl sites for hydroxylation is 1. The predicted octanol–water partition coefficient (Wildman–Crippen LogP) is 4.83. The lowest BCUT2D eigenvalue weighted by molar-refractivity contribution is -0.121. The van der Waals surface area contributed by atoms with Crippen LogP contribution in [0, 0.1) is 0 Å². The molecule has 2 amide bonds. The van der Waals surface area contributed by atoms with Gasteiger partial charge in [0.1, 0.15) is 5.75 Å². The van der Waals surface area contributed by atoms with Crippen LogP contribution >= 0.6 is 0 Å². The number of nitrogens with zero attached hydrogens (tertiary/aromatic N) is 1. The fourth-order valence-corrected chi connectivity index (χ4v) is 6.23. The highest BCUT2D eigenvalue weighted by Gasteiger charge is 2.29. The molecule has 1 aliphatic rings. The summed E-state index contributed by atoms with van der Waals surface area (Å²) in [7, 11) is 6.34. The monoisotopic (exact) mass is 642 g/mol. The van der Waals surface area contributed by atoms with E-state index in [4.69, 9.17) is 18.9 Å². The minimum atomic E-state index is -0.388. The third kappa shape index (κ3) is 7.29. The molecule has 0 aliphatic heterocycles. The van der Waals surface area contributed by atoms with Crippen LogP contribution in [0.5, 0.6) is 23.0 Å². The second kappa shape index (κ2) is 14.9. The molecular weight excluding hydrogens is 600 g/mol. The topological polar surface area (TPSA) is 129 Å². The van der Waals surface area contributed by atoms with Crippen LogP contribution in [0.4, 0.5) is 5.69 Å². The standard InChI is InChI=1S/C36H42N4O7/c1-22(41)39-28-11-8-24-20-32(45-3)35(46-4)36(47-5)34(24)26-10-12-29(31(42)21-27(26)28)37-15-6-7-33(43)38-16-18-40-17-14-23-19-25(44-2)9-13-30(23)40/h9-10,12-14,17,19-21,28H,6-8,11,15-16,18H2,1-5H3,(H,37,42)(H,38,43)(H,39,41). The maximum Gasteiger partial charge on any atom is 0.220 e. The van der Waals surface area contributed by atoms with Crippen molar-refractivity contribution in [3.05, 3.63) is 76.1 Å². The summed E-state index contributed by atoms with van der Waals surface area (Å²) in [4.78, 5) is 38.2. The molecule has 3 N–H and O–H groups in total. The first-order chi connectivity index (χ1) is 22.8. The molecule has 0 bridgehead atoms. The lowest BCUT2D eigenvalue weighted by atomic mass is 9.95. The van der Waals surface area contributed by atoms with E-state index in [-0.39, 0.29) is 23.3 Å². The second-order valence-corrected chi connectivity index (χ2v) is 11.4. The van der Waals surface area contributed by atoms with Gasteiger partial charge in [-0.05, 0) is 78.4 Å². The van der Waals surface area contributed by atoms with Crippen molar-refractivity contribution in [2.24, 2.45) is 0 Å². The molecule has 4 aromatic rings. The number of ether oxygens (including phenoxy) is 4. The zero-order valence-electron chi connectivity index (χ0n) is 27.5. The first-order valence-corrected chi connectivity index (χ1v) is 15.7. The maximum absolute atomic E-state index is 13.5. The van der Waals surface area contributed by atoms with Gasteiger partial charge in [-0.3, -0.25) is 14.4 Å². The first kappa shape index (κ1) is 33.2. The van der Waals surface area contributed by atoms with Gasteiger partial charge in [0, 0.05) is 55.6 Å². The first-order valence-electron chi connectivity index (χ1n) is 15.7. The van der Waals surface area contributed by atoms with Crippen LogP contribution in [0.2, 0.25) is 0 Å². The molecule has 0 saturated carbocycles. The molecule has 1 aromatic heterocycles. The average Bonchev–Trinajstić information content (AvgIpc) is 3.32. The number of amides is 2. The zero-order chi connectivity index (χ0) is 33.5. The average molecular weight is 643 g/mol. The highest BCUT2D eigenvalue weighted by atomic mass is 16.5. The Hall–Kier alpha value is -5.19. The number of anilines is 1. The summed E-state index contributed by atoms with van der Waals surface area (Å²) in [5.74, 6) is 2.05. The minimum Gasteiger partial charge on any atom is -0.497 e. The lowest BCUT2D eigenvalue weighted by Gasteiger charge is -2.19. The predicted molar refractivity (Wildman–Crippen MR) is 182 cm³/mol. The van der Waals surface area contributed by atoms with Gasteiger partial charge < -0.3 is 39.5 Å². The highest BCUT2D eigenvalue weighted by Crippen LogP contribution is 2.50. The van der Waals surface area contributed by atoms with E-state index in [0.717, 1.165) is 33.3 Å². The van der Waals surface area contributed by atoms with Gasteiger partial charge in [-0.25, -0.2) is 0 Å². The molecule has 0 fully saturated rings. The number of methoxy groups -OCH3 is 4. The van der Waals surface area contributed by atoms with E-state index < -0.39 is 0 Å². The molecule has 248 valence electrons. The number of nitrogens with one attached hydrogen (secondary N) is 3. The molecule has 11 heteroatoms. The van der Waals surface area contributed by atoms with E-state index in [0.29, 0.717) is 73.8 Å². The fraction of sp³-hybridized carbons (Fsp3) is 0.361. The zero-order valence-corrected chi connectivity index (χ0v) is 27.5. The van der Waals surface area contributed by atoms with E-state index in [1.807, 2.05) is 42.6 Å². The summed E-state index contributed by atoms with van der Waals surface area (Å²) in [5, 5.41) is 10.3. The number of carbonyl (C=O) groups is 2. The summed E-state index contributed by atoms with van der Waals surface area (Å²) in [6, 6.07) is 14.7. The summed E-state index contributed by atoms with van der Waals surface area (Å²) < 4.78 is 24.5. The Morgan fingerprint density at radius 3 is 2.45 bits per heavy atom. The highest BCUT2D eigenvalue weighted by molar-refractivity contribution is 5.84. The normalized spacial score (nSPS) is 13.5. The third-order valence-corrected chi connectivity index (χ3v) is 8.47. The number of rotatable bonds is 13. The van der Waals surface area contributed by atoms with E-state index in [1.54, 1.807) is 40.6 Å². The van der Waals surface area contributed by atoms with E-state index in [2.05, 4.69) is 20.5 Å². The summed E-state index contributed by atoms with van der Waals surface area (Å²) in [6.45, 7) is 3.05. The van der Waals surface area contributed by atoms with Gasteiger partial charge in [0.15, 0.2) is 11.5 Å². The molecule has 1 atom stereocenters. The number of hydrogen-bond donors (Lipinski definition) is 3. The Bertz CT molecular complexity index is 1830. The van der Waals surface area contributed by atoms with Crippen molar-refractivity contribution in [2.75, 3.05) is 46.8 Å². The number of benzene rings is 2. The molecule has 1 heterocycles. The summed E-state index contributed by atoms with van der Waals surface area (Å²) in [5.41, 5.74) is 4.46. The molecule has 0 radical (unpaired) electrons. The number of fused-ring (bicyclic) bond motifs is 4. The van der Waals surface area contributed by atoms with Crippen LogP contribution in [0.15, 0.2) is 59.5 Å². The van der Waals surface area contributed by atoms with Crippen molar-refractivity contribution in [1.82, 2.24) is 15.2 Å². The van der Waals surface area contributed by atoms with Gasteiger partial charge in [0.25, 0.3) is 0 Å². The molecule has 0 spiro atoms. The quantitative estimate of drug-likeness (QED) is 0.177.